The number of rotatable bonds is 4. The molecular weight excluding hydrogens is 339 g/mol. The minimum Gasteiger partial charge on any atom is -0.478 e. The van der Waals surface area contributed by atoms with Crippen LogP contribution >= 0.6 is 0 Å². The van der Waals surface area contributed by atoms with E-state index < -0.39 is 18.1 Å². The number of piperazine rings is 1. The number of amides is 1. The van der Waals surface area contributed by atoms with Crippen molar-refractivity contribution in [1.29, 1.82) is 0 Å². The summed E-state index contributed by atoms with van der Waals surface area (Å²) in [7, 11) is 0. The molecule has 6 nitrogen and oxygen atoms in total. The summed E-state index contributed by atoms with van der Waals surface area (Å²) in [5.41, 5.74) is 1.80. The van der Waals surface area contributed by atoms with E-state index in [0.717, 1.165) is 16.7 Å². The molecule has 1 aliphatic heterocycles. The number of benzene rings is 1. The Morgan fingerprint density at radius 3 is 2.32 bits per heavy atom. The van der Waals surface area contributed by atoms with E-state index in [0.29, 0.717) is 11.4 Å². The summed E-state index contributed by atoms with van der Waals surface area (Å²) in [6.45, 7) is 2.04. The summed E-state index contributed by atoms with van der Waals surface area (Å²) in [4.78, 5) is 24.6. The van der Waals surface area contributed by atoms with Gasteiger partial charge in [0.25, 0.3) is 0 Å². The van der Waals surface area contributed by atoms with Crippen molar-refractivity contribution in [2.75, 3.05) is 36.4 Å². The molecule has 2 N–H and O–H groups in total. The molecule has 25 heavy (non-hydrogen) atoms. The second kappa shape index (κ2) is 7.45. The van der Waals surface area contributed by atoms with Crippen LogP contribution in [0.2, 0.25) is 0 Å². The molecule has 0 saturated carbocycles. The molecule has 1 saturated heterocycles. The fraction of sp³-hybridized carbons (Fsp3) is 0.375. The second-order valence-corrected chi connectivity index (χ2v) is 5.58. The van der Waals surface area contributed by atoms with Crippen molar-refractivity contribution < 1.29 is 27.9 Å². The van der Waals surface area contributed by atoms with Gasteiger partial charge < -0.3 is 20.2 Å². The lowest BCUT2D eigenvalue weighted by Crippen LogP contribution is -2.52. The number of carboxylic acids is 1. The first-order chi connectivity index (χ1) is 11.7. The van der Waals surface area contributed by atoms with Crippen molar-refractivity contribution in [2.24, 2.45) is 0 Å². The predicted octanol–water partition coefficient (Wildman–Crippen LogP) is 2.30. The zero-order chi connectivity index (χ0) is 18.6. The molecule has 9 heteroatoms. The summed E-state index contributed by atoms with van der Waals surface area (Å²) in [5, 5.41) is 11.7. The number of nitrogens with one attached hydrogen (secondary N) is 1. The van der Waals surface area contributed by atoms with Crippen LogP contribution in [0.4, 0.5) is 24.5 Å². The molecule has 0 atom stereocenters. The molecular formula is C16H18F3N3O3. The van der Waals surface area contributed by atoms with Gasteiger partial charge in [0, 0.05) is 38.0 Å². The fourth-order valence-corrected chi connectivity index (χ4v) is 2.62. The maximum Gasteiger partial charge on any atom is 0.471 e. The van der Waals surface area contributed by atoms with Crippen LogP contribution in [0.5, 0.6) is 0 Å². The van der Waals surface area contributed by atoms with E-state index in [9.17, 15) is 22.8 Å². The largest absolute Gasteiger partial charge is 0.478 e. The highest BCUT2D eigenvalue weighted by Gasteiger charge is 2.43. The van der Waals surface area contributed by atoms with Crippen molar-refractivity contribution in [2.45, 2.75) is 13.1 Å². The summed E-state index contributed by atoms with van der Waals surface area (Å²) in [5.74, 6) is -2.90. The van der Waals surface area contributed by atoms with Gasteiger partial charge in [-0.15, -0.1) is 0 Å². The van der Waals surface area contributed by atoms with Crippen LogP contribution in [0, 0.1) is 0 Å². The molecule has 0 radical (unpaired) electrons. The van der Waals surface area contributed by atoms with E-state index in [1.165, 1.54) is 0 Å². The molecule has 0 aliphatic carbocycles. The first-order valence-corrected chi connectivity index (χ1v) is 7.57. The van der Waals surface area contributed by atoms with Crippen molar-refractivity contribution in [3.05, 3.63) is 36.0 Å². The van der Waals surface area contributed by atoms with Crippen LogP contribution in [0.15, 0.2) is 36.0 Å². The molecule has 1 aliphatic rings. The van der Waals surface area contributed by atoms with E-state index in [1.807, 2.05) is 4.90 Å². The first-order valence-electron chi connectivity index (χ1n) is 7.57. The van der Waals surface area contributed by atoms with Gasteiger partial charge >= 0.3 is 18.1 Å². The van der Waals surface area contributed by atoms with Gasteiger partial charge in [0.1, 0.15) is 0 Å². The Bertz CT molecular complexity index is 681. The second-order valence-electron chi connectivity index (χ2n) is 5.58. The lowest BCUT2D eigenvalue weighted by Gasteiger charge is -2.37. The zero-order valence-electron chi connectivity index (χ0n) is 13.5. The Labute approximate surface area is 142 Å². The quantitative estimate of drug-likeness (QED) is 0.809. The number of hydrogen-bond acceptors (Lipinski definition) is 4. The molecule has 0 spiro atoms. The minimum atomic E-state index is -4.86. The van der Waals surface area contributed by atoms with Gasteiger partial charge in [-0.25, -0.2) is 4.79 Å². The number of alkyl halides is 3. The average molecular weight is 357 g/mol. The number of para-hydroxylation sites is 2. The molecule has 1 heterocycles. The molecule has 1 amide bonds. The van der Waals surface area contributed by atoms with Crippen molar-refractivity contribution >= 4 is 23.3 Å². The van der Waals surface area contributed by atoms with Crippen LogP contribution in [0.3, 0.4) is 0 Å². The van der Waals surface area contributed by atoms with E-state index >= 15 is 0 Å². The van der Waals surface area contributed by atoms with E-state index in [4.69, 9.17) is 5.11 Å². The third kappa shape index (κ3) is 4.88. The van der Waals surface area contributed by atoms with E-state index in [-0.39, 0.29) is 26.2 Å². The van der Waals surface area contributed by atoms with Crippen LogP contribution in [-0.4, -0.2) is 54.2 Å². The van der Waals surface area contributed by atoms with Crippen molar-refractivity contribution in [3.8, 4) is 0 Å². The number of hydrogen-bond donors (Lipinski definition) is 2. The highest BCUT2D eigenvalue weighted by Crippen LogP contribution is 2.28. The average Bonchev–Trinajstić information content (AvgIpc) is 2.53. The van der Waals surface area contributed by atoms with Gasteiger partial charge in [0.2, 0.25) is 0 Å². The summed E-state index contributed by atoms with van der Waals surface area (Å²) < 4.78 is 37.5. The molecule has 1 aromatic carbocycles. The fourth-order valence-electron chi connectivity index (χ4n) is 2.62. The molecule has 0 unspecified atom stereocenters. The highest BCUT2D eigenvalue weighted by molar-refractivity contribution is 5.83. The van der Waals surface area contributed by atoms with Gasteiger partial charge in [0.15, 0.2) is 0 Å². The van der Waals surface area contributed by atoms with Gasteiger partial charge in [-0.05, 0) is 19.1 Å². The van der Waals surface area contributed by atoms with Crippen molar-refractivity contribution in [1.82, 2.24) is 4.90 Å². The first kappa shape index (κ1) is 18.6. The van der Waals surface area contributed by atoms with Gasteiger partial charge in [-0.1, -0.05) is 12.1 Å². The van der Waals surface area contributed by atoms with Crippen LogP contribution in [-0.2, 0) is 9.59 Å². The molecule has 1 fully saturated rings. The number of halogens is 3. The maximum atomic E-state index is 12.5. The highest BCUT2D eigenvalue weighted by atomic mass is 19.4. The van der Waals surface area contributed by atoms with E-state index in [2.05, 4.69) is 5.32 Å². The zero-order valence-corrected chi connectivity index (χ0v) is 13.5. The smallest absolute Gasteiger partial charge is 0.471 e. The normalized spacial score (nSPS) is 15.9. The third-order valence-corrected chi connectivity index (χ3v) is 3.73. The number of carboxylic acid groups (broad SMARTS) is 1. The molecule has 1 aromatic rings. The summed E-state index contributed by atoms with van der Waals surface area (Å²) >= 11 is 0. The lowest BCUT2D eigenvalue weighted by molar-refractivity contribution is -0.185. The Hall–Kier alpha value is -2.71. The van der Waals surface area contributed by atoms with Gasteiger partial charge in [0.05, 0.1) is 11.4 Å². The lowest BCUT2D eigenvalue weighted by atomic mass is 10.2. The van der Waals surface area contributed by atoms with Crippen molar-refractivity contribution in [3.63, 3.8) is 0 Å². The molecule has 0 aromatic heterocycles. The number of anilines is 2. The van der Waals surface area contributed by atoms with E-state index in [1.54, 1.807) is 31.2 Å². The summed E-state index contributed by atoms with van der Waals surface area (Å²) in [6, 6.07) is 7.09. The number of nitrogens with zero attached hydrogens (tertiary/aromatic N) is 2. The predicted molar refractivity (Wildman–Crippen MR) is 86.3 cm³/mol. The molecule has 0 bridgehead atoms. The molecule has 2 rings (SSSR count). The number of allylic oxidation sites excluding steroid dienone is 1. The third-order valence-electron chi connectivity index (χ3n) is 3.73. The Kier molecular flexibility index (Phi) is 5.55. The Morgan fingerprint density at radius 2 is 1.76 bits per heavy atom. The number of carbonyl (C=O) groups excluding carboxylic acids is 1. The SMILES string of the molecule is C/C(=C/C(=O)O)Nc1ccccc1N1CCN(C(=O)C(F)(F)F)CC1. The van der Waals surface area contributed by atoms with Crippen LogP contribution in [0.1, 0.15) is 6.92 Å². The van der Waals surface area contributed by atoms with Gasteiger partial charge in [-0.2, -0.15) is 13.2 Å². The summed E-state index contributed by atoms with van der Waals surface area (Å²) in [6.07, 6.45) is -3.84. The molecule has 136 valence electrons. The topological polar surface area (TPSA) is 72.9 Å². The van der Waals surface area contributed by atoms with Crippen LogP contribution in [0.25, 0.3) is 0 Å². The standard InChI is InChI=1S/C16H18F3N3O3/c1-11(10-14(23)24)20-12-4-2-3-5-13(12)21-6-8-22(9-7-21)15(25)16(17,18)19/h2-5,10,20H,6-9H2,1H3,(H,23,24)/b11-10-. The monoisotopic (exact) mass is 357 g/mol. The Balaban J connectivity index is 2.09. The Morgan fingerprint density at radius 1 is 1.16 bits per heavy atom. The number of aliphatic carboxylic acids is 1. The van der Waals surface area contributed by atoms with Crippen LogP contribution < -0.4 is 10.2 Å². The number of carbonyl (C=O) groups is 2. The van der Waals surface area contributed by atoms with Gasteiger partial charge in [-0.3, -0.25) is 4.79 Å². The maximum absolute atomic E-state index is 12.5. The minimum absolute atomic E-state index is 0.0311.